The first-order chi connectivity index (χ1) is 8.13. The molecule has 1 rings (SSSR count). The molecule has 0 aromatic carbocycles. The second kappa shape index (κ2) is 6.08. The largest absolute Gasteiger partial charge is 0.507 e. The van der Waals surface area contributed by atoms with E-state index in [9.17, 15) is 9.90 Å². The molecule has 0 unspecified atom stereocenters. The third-order valence-corrected chi connectivity index (χ3v) is 2.26. The number of aryl methyl sites for hydroxylation is 1. The van der Waals surface area contributed by atoms with Crippen molar-refractivity contribution in [3.05, 3.63) is 27.8 Å². The van der Waals surface area contributed by atoms with Crippen LogP contribution in [0.4, 0.5) is 0 Å². The van der Waals surface area contributed by atoms with Gasteiger partial charge in [-0.25, -0.2) is 4.79 Å². The van der Waals surface area contributed by atoms with Crippen molar-refractivity contribution in [3.8, 4) is 5.75 Å². The summed E-state index contributed by atoms with van der Waals surface area (Å²) in [7, 11) is 0. The summed E-state index contributed by atoms with van der Waals surface area (Å²) in [4.78, 5) is 16.6. The van der Waals surface area contributed by atoms with E-state index in [0.29, 0.717) is 30.9 Å². The molecule has 5 heteroatoms. The van der Waals surface area contributed by atoms with Crippen LogP contribution in [-0.4, -0.2) is 17.4 Å². The van der Waals surface area contributed by atoms with Crippen LogP contribution in [0.15, 0.2) is 20.4 Å². The van der Waals surface area contributed by atoms with Gasteiger partial charge < -0.3 is 14.4 Å². The smallest absolute Gasteiger partial charge is 0.349 e. The Labute approximate surface area is 99.7 Å². The van der Waals surface area contributed by atoms with Gasteiger partial charge in [0.1, 0.15) is 23.7 Å². The van der Waals surface area contributed by atoms with Crippen LogP contribution in [0.25, 0.3) is 0 Å². The zero-order valence-corrected chi connectivity index (χ0v) is 10.3. The highest BCUT2D eigenvalue weighted by Crippen LogP contribution is 2.17. The Balaban J connectivity index is 3.25. The van der Waals surface area contributed by atoms with Crippen LogP contribution < -0.4 is 5.63 Å². The number of hydrogen-bond donors (Lipinski definition) is 1. The summed E-state index contributed by atoms with van der Waals surface area (Å²) in [6.07, 6.45) is 1.02. The highest BCUT2D eigenvalue weighted by molar-refractivity contribution is 6.01. The summed E-state index contributed by atoms with van der Waals surface area (Å²) < 4.78 is 5.05. The van der Waals surface area contributed by atoms with Crippen LogP contribution in [0.5, 0.6) is 5.75 Å². The topological polar surface area (TPSA) is 72.0 Å². The highest BCUT2D eigenvalue weighted by Gasteiger charge is 2.16. The highest BCUT2D eigenvalue weighted by atomic mass is 16.6. The molecular formula is C12H17NO4. The van der Waals surface area contributed by atoms with E-state index in [2.05, 4.69) is 5.16 Å². The lowest BCUT2D eigenvalue weighted by Crippen LogP contribution is -2.15. The summed E-state index contributed by atoms with van der Waals surface area (Å²) in [5.74, 6) is 0.335. The number of oxime groups is 1. The molecule has 1 N–H and O–H groups in total. The molecule has 0 radical (unpaired) electrons. The Morgan fingerprint density at radius 3 is 2.65 bits per heavy atom. The van der Waals surface area contributed by atoms with Crippen LogP contribution in [0.1, 0.15) is 38.5 Å². The Bertz CT molecular complexity index is 462. The Morgan fingerprint density at radius 2 is 2.18 bits per heavy atom. The molecule has 1 heterocycles. The molecule has 5 nitrogen and oxygen atoms in total. The quantitative estimate of drug-likeness (QED) is 0.630. The maximum atomic E-state index is 11.7. The van der Waals surface area contributed by atoms with E-state index in [0.717, 1.165) is 0 Å². The van der Waals surface area contributed by atoms with Gasteiger partial charge in [0.2, 0.25) is 0 Å². The van der Waals surface area contributed by atoms with Crippen LogP contribution in [-0.2, 0) is 11.3 Å². The summed E-state index contributed by atoms with van der Waals surface area (Å²) in [6, 6.07) is 1.44. The van der Waals surface area contributed by atoms with Crippen molar-refractivity contribution in [2.24, 2.45) is 5.16 Å². The van der Waals surface area contributed by atoms with Crippen LogP contribution in [0.2, 0.25) is 0 Å². The van der Waals surface area contributed by atoms with E-state index in [1.807, 2.05) is 13.8 Å². The maximum absolute atomic E-state index is 11.7. The SMILES string of the molecule is CCO/N=C(/CC)c1c(O)cc(CC)oc1=O. The summed E-state index contributed by atoms with van der Waals surface area (Å²) in [5.41, 5.74) is -0.110. The van der Waals surface area contributed by atoms with Gasteiger partial charge in [0.05, 0.1) is 5.71 Å². The molecular weight excluding hydrogens is 222 g/mol. The van der Waals surface area contributed by atoms with E-state index in [-0.39, 0.29) is 11.3 Å². The molecule has 0 saturated heterocycles. The van der Waals surface area contributed by atoms with E-state index >= 15 is 0 Å². The molecule has 0 spiro atoms. The van der Waals surface area contributed by atoms with E-state index in [1.165, 1.54) is 6.07 Å². The second-order valence-electron chi connectivity index (χ2n) is 3.42. The van der Waals surface area contributed by atoms with Gasteiger partial charge in [-0.3, -0.25) is 0 Å². The minimum Gasteiger partial charge on any atom is -0.507 e. The minimum absolute atomic E-state index is 0.0816. The maximum Gasteiger partial charge on any atom is 0.349 e. The summed E-state index contributed by atoms with van der Waals surface area (Å²) >= 11 is 0. The molecule has 0 atom stereocenters. The standard InChI is InChI=1S/C12H17NO4/c1-4-8-7-10(14)11(12(15)17-8)9(5-2)13-16-6-3/h7,14H,4-6H2,1-3H3/b13-9-. The zero-order valence-electron chi connectivity index (χ0n) is 10.3. The number of nitrogens with zero attached hydrogens (tertiary/aromatic N) is 1. The zero-order chi connectivity index (χ0) is 12.8. The fourth-order valence-electron chi connectivity index (χ4n) is 1.40. The fraction of sp³-hybridized carbons (Fsp3) is 0.500. The van der Waals surface area contributed by atoms with Gasteiger partial charge in [-0.1, -0.05) is 19.0 Å². The first kappa shape index (κ1) is 13.3. The van der Waals surface area contributed by atoms with Gasteiger partial charge in [0.15, 0.2) is 0 Å². The van der Waals surface area contributed by atoms with Crippen molar-refractivity contribution in [2.75, 3.05) is 6.61 Å². The molecule has 1 aromatic rings. The van der Waals surface area contributed by atoms with Crippen molar-refractivity contribution in [2.45, 2.75) is 33.6 Å². The van der Waals surface area contributed by atoms with Crippen molar-refractivity contribution in [1.82, 2.24) is 0 Å². The third kappa shape index (κ3) is 3.09. The molecule has 1 aromatic heterocycles. The second-order valence-corrected chi connectivity index (χ2v) is 3.42. The molecule has 0 amide bonds. The molecule has 0 aliphatic rings. The average Bonchev–Trinajstić information content (AvgIpc) is 2.32. The molecule has 0 bridgehead atoms. The summed E-state index contributed by atoms with van der Waals surface area (Å²) in [5, 5.41) is 13.6. The normalized spacial score (nSPS) is 11.6. The molecule has 0 saturated carbocycles. The Hall–Kier alpha value is -1.78. The van der Waals surface area contributed by atoms with Gasteiger partial charge >= 0.3 is 5.63 Å². The van der Waals surface area contributed by atoms with Crippen molar-refractivity contribution >= 4 is 5.71 Å². The van der Waals surface area contributed by atoms with Crippen molar-refractivity contribution in [1.29, 1.82) is 0 Å². The van der Waals surface area contributed by atoms with Crippen molar-refractivity contribution < 1.29 is 14.4 Å². The van der Waals surface area contributed by atoms with E-state index in [1.54, 1.807) is 6.92 Å². The Morgan fingerprint density at radius 1 is 1.47 bits per heavy atom. The van der Waals surface area contributed by atoms with Crippen LogP contribution in [0.3, 0.4) is 0 Å². The summed E-state index contributed by atoms with van der Waals surface area (Å²) in [6.45, 7) is 5.86. The van der Waals surface area contributed by atoms with Gasteiger partial charge in [0.25, 0.3) is 0 Å². The molecule has 0 fully saturated rings. The van der Waals surface area contributed by atoms with Crippen LogP contribution in [0, 0.1) is 0 Å². The first-order valence-corrected chi connectivity index (χ1v) is 5.69. The first-order valence-electron chi connectivity index (χ1n) is 5.69. The number of aromatic hydroxyl groups is 1. The lowest BCUT2D eigenvalue weighted by molar-refractivity contribution is 0.158. The van der Waals surface area contributed by atoms with E-state index in [4.69, 9.17) is 9.25 Å². The van der Waals surface area contributed by atoms with Crippen molar-refractivity contribution in [3.63, 3.8) is 0 Å². The van der Waals surface area contributed by atoms with Gasteiger partial charge in [-0.15, -0.1) is 0 Å². The van der Waals surface area contributed by atoms with Crippen LogP contribution >= 0.6 is 0 Å². The van der Waals surface area contributed by atoms with E-state index < -0.39 is 5.63 Å². The average molecular weight is 239 g/mol. The Kier molecular flexibility index (Phi) is 4.75. The minimum atomic E-state index is -0.581. The predicted molar refractivity (Wildman–Crippen MR) is 64.5 cm³/mol. The lowest BCUT2D eigenvalue weighted by atomic mass is 10.1. The predicted octanol–water partition coefficient (Wildman–Crippen LogP) is 2.06. The fourth-order valence-corrected chi connectivity index (χ4v) is 1.40. The molecule has 94 valence electrons. The third-order valence-electron chi connectivity index (χ3n) is 2.26. The van der Waals surface area contributed by atoms with Gasteiger partial charge in [0, 0.05) is 12.5 Å². The number of hydrogen-bond acceptors (Lipinski definition) is 5. The lowest BCUT2D eigenvalue weighted by Gasteiger charge is -2.06. The monoisotopic (exact) mass is 239 g/mol. The number of rotatable bonds is 5. The van der Waals surface area contributed by atoms with Gasteiger partial charge in [-0.2, -0.15) is 0 Å². The molecule has 0 aliphatic carbocycles. The molecule has 17 heavy (non-hydrogen) atoms. The molecule has 0 aliphatic heterocycles. The van der Waals surface area contributed by atoms with Gasteiger partial charge in [-0.05, 0) is 13.3 Å².